The zero-order valence-corrected chi connectivity index (χ0v) is 24.8. The molecule has 0 spiro atoms. The minimum absolute atomic E-state index is 0.0233. The summed E-state index contributed by atoms with van der Waals surface area (Å²) in [6.07, 6.45) is 7.73. The Kier molecular flexibility index (Phi) is 10.6. The zero-order chi connectivity index (χ0) is 28.5. The lowest BCUT2D eigenvalue weighted by Gasteiger charge is -2.22. The van der Waals surface area contributed by atoms with Crippen LogP contribution in [0.4, 0.5) is 11.6 Å². The van der Waals surface area contributed by atoms with Crippen LogP contribution in [0.25, 0.3) is 11.0 Å². The van der Waals surface area contributed by atoms with Gasteiger partial charge in [-0.05, 0) is 94.2 Å². The first-order valence-corrected chi connectivity index (χ1v) is 15.0. The molecule has 0 aliphatic carbocycles. The molecule has 8 nitrogen and oxygen atoms in total. The van der Waals surface area contributed by atoms with Gasteiger partial charge in [0.05, 0.1) is 11.0 Å². The molecular weight excluding hydrogens is 500 g/mol. The van der Waals surface area contributed by atoms with E-state index >= 15 is 0 Å². The van der Waals surface area contributed by atoms with Gasteiger partial charge in [-0.2, -0.15) is 0 Å². The van der Waals surface area contributed by atoms with Crippen molar-refractivity contribution in [2.75, 3.05) is 52.1 Å². The lowest BCUT2D eigenvalue weighted by molar-refractivity contribution is 0.0750. The standard InChI is InChI=1S/C32H46N6O2/c1-5-7-21-37(22-8-6-2)31(40)26-14-17-28-29(24-26)38(23-11-20-36-18-9-10-19-36)32(34-28)33-27-15-12-25(13-16-27)30(39)35(3)4/h12-17,24H,5-11,18-23H2,1-4H3,(H,33,34). The van der Waals surface area contributed by atoms with Crippen molar-refractivity contribution in [1.82, 2.24) is 24.3 Å². The summed E-state index contributed by atoms with van der Waals surface area (Å²) in [7, 11) is 3.51. The topological polar surface area (TPSA) is 73.7 Å². The van der Waals surface area contributed by atoms with E-state index in [-0.39, 0.29) is 11.8 Å². The van der Waals surface area contributed by atoms with Gasteiger partial charge in [-0.1, -0.05) is 26.7 Å². The van der Waals surface area contributed by atoms with Crippen LogP contribution >= 0.6 is 0 Å². The molecule has 1 N–H and O–H groups in total. The second-order valence-electron chi connectivity index (χ2n) is 11.1. The maximum Gasteiger partial charge on any atom is 0.253 e. The van der Waals surface area contributed by atoms with Crippen LogP contribution in [0, 0.1) is 0 Å². The van der Waals surface area contributed by atoms with Crippen molar-refractivity contribution in [3.63, 3.8) is 0 Å². The van der Waals surface area contributed by atoms with E-state index in [0.29, 0.717) is 5.56 Å². The normalized spacial score (nSPS) is 13.6. The third-order valence-corrected chi connectivity index (χ3v) is 7.69. The number of unbranched alkanes of at least 4 members (excludes halogenated alkanes) is 2. The maximum atomic E-state index is 13.6. The van der Waals surface area contributed by atoms with E-state index in [1.807, 2.05) is 47.4 Å². The van der Waals surface area contributed by atoms with Gasteiger partial charge in [-0.25, -0.2) is 4.98 Å². The summed E-state index contributed by atoms with van der Waals surface area (Å²) >= 11 is 0. The van der Waals surface area contributed by atoms with Crippen molar-refractivity contribution < 1.29 is 9.59 Å². The number of hydrogen-bond acceptors (Lipinski definition) is 5. The van der Waals surface area contributed by atoms with E-state index in [1.54, 1.807) is 19.0 Å². The molecule has 40 heavy (non-hydrogen) atoms. The Bertz CT molecular complexity index is 1250. The highest BCUT2D eigenvalue weighted by atomic mass is 16.2. The quantitative estimate of drug-likeness (QED) is 0.268. The zero-order valence-electron chi connectivity index (χ0n) is 24.8. The molecule has 1 aliphatic heterocycles. The van der Waals surface area contributed by atoms with Gasteiger partial charge in [0.1, 0.15) is 0 Å². The number of nitrogens with zero attached hydrogens (tertiary/aromatic N) is 5. The first-order valence-electron chi connectivity index (χ1n) is 15.0. The first-order chi connectivity index (χ1) is 19.4. The number of hydrogen-bond donors (Lipinski definition) is 1. The van der Waals surface area contributed by atoms with Crippen molar-refractivity contribution in [2.45, 2.75) is 65.3 Å². The average molecular weight is 547 g/mol. The van der Waals surface area contributed by atoms with Crippen LogP contribution in [0.1, 0.15) is 79.5 Å². The predicted octanol–water partition coefficient (Wildman–Crippen LogP) is 6.01. The summed E-state index contributed by atoms with van der Waals surface area (Å²) in [5.41, 5.74) is 4.08. The summed E-state index contributed by atoms with van der Waals surface area (Å²) in [5, 5.41) is 3.48. The van der Waals surface area contributed by atoms with Crippen molar-refractivity contribution in [2.24, 2.45) is 0 Å². The Morgan fingerprint density at radius 3 is 2.12 bits per heavy atom. The number of fused-ring (bicyclic) bond motifs is 1. The summed E-state index contributed by atoms with van der Waals surface area (Å²) in [6, 6.07) is 13.4. The fourth-order valence-electron chi connectivity index (χ4n) is 5.32. The molecule has 0 bridgehead atoms. The van der Waals surface area contributed by atoms with E-state index in [0.717, 1.165) is 86.5 Å². The molecule has 3 aromatic rings. The number of carbonyl (C=O) groups excluding carboxylic acids is 2. The van der Waals surface area contributed by atoms with E-state index in [2.05, 4.69) is 28.6 Å². The van der Waals surface area contributed by atoms with Gasteiger partial charge in [0.15, 0.2) is 0 Å². The van der Waals surface area contributed by atoms with Crippen LogP contribution in [0.3, 0.4) is 0 Å². The molecule has 1 saturated heterocycles. The molecule has 0 saturated carbocycles. The minimum Gasteiger partial charge on any atom is -0.345 e. The molecule has 2 amide bonds. The van der Waals surface area contributed by atoms with Crippen molar-refractivity contribution in [3.8, 4) is 0 Å². The van der Waals surface area contributed by atoms with Crippen LogP contribution in [0.15, 0.2) is 42.5 Å². The number of anilines is 2. The lowest BCUT2D eigenvalue weighted by atomic mass is 10.1. The average Bonchev–Trinajstić information content (AvgIpc) is 3.60. The van der Waals surface area contributed by atoms with Crippen molar-refractivity contribution in [1.29, 1.82) is 0 Å². The largest absolute Gasteiger partial charge is 0.345 e. The van der Waals surface area contributed by atoms with Gasteiger partial charge in [-0.15, -0.1) is 0 Å². The summed E-state index contributed by atoms with van der Waals surface area (Å²) in [5.74, 6) is 0.829. The predicted molar refractivity (Wildman–Crippen MR) is 163 cm³/mol. The van der Waals surface area contributed by atoms with Gasteiger partial charge >= 0.3 is 0 Å². The Labute approximate surface area is 239 Å². The monoisotopic (exact) mass is 546 g/mol. The number of likely N-dealkylation sites (tertiary alicyclic amines) is 1. The second-order valence-corrected chi connectivity index (χ2v) is 11.1. The third kappa shape index (κ3) is 7.42. The van der Waals surface area contributed by atoms with E-state index in [4.69, 9.17) is 4.98 Å². The maximum absolute atomic E-state index is 13.6. The Morgan fingerprint density at radius 2 is 1.50 bits per heavy atom. The highest BCUT2D eigenvalue weighted by Gasteiger charge is 2.19. The lowest BCUT2D eigenvalue weighted by Crippen LogP contribution is -2.33. The number of amides is 2. The number of rotatable bonds is 14. The third-order valence-electron chi connectivity index (χ3n) is 7.69. The molecule has 1 fully saturated rings. The van der Waals surface area contributed by atoms with Crippen molar-refractivity contribution in [3.05, 3.63) is 53.6 Å². The minimum atomic E-state index is -0.0233. The summed E-state index contributed by atoms with van der Waals surface area (Å²) in [4.78, 5) is 36.9. The molecule has 1 aromatic heterocycles. The second kappa shape index (κ2) is 14.3. The number of imidazole rings is 1. The Morgan fingerprint density at radius 1 is 0.850 bits per heavy atom. The van der Waals surface area contributed by atoms with Crippen LogP contribution < -0.4 is 5.32 Å². The van der Waals surface area contributed by atoms with Gasteiger partial charge in [0.25, 0.3) is 11.8 Å². The Hall–Kier alpha value is -3.39. The first kappa shape index (κ1) is 29.6. The molecule has 8 heteroatoms. The summed E-state index contributed by atoms with van der Waals surface area (Å²) in [6.45, 7) is 10.1. The van der Waals surface area contributed by atoms with E-state index in [1.165, 1.54) is 25.9 Å². The van der Waals surface area contributed by atoms with Crippen LogP contribution in [0.2, 0.25) is 0 Å². The number of aromatic nitrogens is 2. The molecule has 0 atom stereocenters. The molecule has 4 rings (SSSR count). The fourth-order valence-corrected chi connectivity index (χ4v) is 5.32. The molecule has 2 aromatic carbocycles. The van der Waals surface area contributed by atoms with Crippen LogP contribution in [-0.2, 0) is 6.54 Å². The molecule has 216 valence electrons. The van der Waals surface area contributed by atoms with Gasteiger partial charge in [0, 0.05) is 50.5 Å². The summed E-state index contributed by atoms with van der Waals surface area (Å²) < 4.78 is 2.21. The smallest absolute Gasteiger partial charge is 0.253 e. The number of benzene rings is 2. The highest BCUT2D eigenvalue weighted by Crippen LogP contribution is 2.26. The van der Waals surface area contributed by atoms with Crippen molar-refractivity contribution >= 4 is 34.5 Å². The fraction of sp³-hybridized carbons (Fsp3) is 0.531. The molecular formula is C32H46N6O2. The molecule has 2 heterocycles. The van der Waals surface area contributed by atoms with E-state index in [9.17, 15) is 9.59 Å². The SMILES string of the molecule is CCCCN(CCCC)C(=O)c1ccc2nc(Nc3ccc(C(=O)N(C)C)cc3)n(CCCN3CCCC3)c2c1. The van der Waals surface area contributed by atoms with Gasteiger partial charge in [-0.3, -0.25) is 9.59 Å². The highest BCUT2D eigenvalue weighted by molar-refractivity contribution is 5.98. The van der Waals surface area contributed by atoms with Crippen LogP contribution in [-0.4, -0.2) is 82.9 Å². The number of carbonyl (C=O) groups is 2. The van der Waals surface area contributed by atoms with Crippen LogP contribution in [0.5, 0.6) is 0 Å². The molecule has 1 aliphatic rings. The number of nitrogens with one attached hydrogen (secondary N) is 1. The molecule has 0 radical (unpaired) electrons. The number of aryl methyl sites for hydroxylation is 1. The molecule has 0 unspecified atom stereocenters. The van der Waals surface area contributed by atoms with E-state index < -0.39 is 0 Å². The van der Waals surface area contributed by atoms with Gasteiger partial charge < -0.3 is 24.6 Å². The van der Waals surface area contributed by atoms with Gasteiger partial charge in [0.2, 0.25) is 5.95 Å². The Balaban J connectivity index is 1.61.